The topological polar surface area (TPSA) is 96.1 Å². The van der Waals surface area contributed by atoms with Crippen molar-refractivity contribution in [3.05, 3.63) is 64.4 Å². The standard InChI is InChI=1S/C21H20N4O3S2/c1-14-11-19(15(2)25(14)21-23-9-10-29-21)20(26)13-24(17-5-6-17)30(27,28)18-7-3-16(12-22)4-8-18/h3-4,7-11,17H,5-6,13H2,1-2H3. The van der Waals surface area contributed by atoms with E-state index in [-0.39, 0.29) is 23.3 Å². The minimum Gasteiger partial charge on any atom is -0.294 e. The Morgan fingerprint density at radius 3 is 2.57 bits per heavy atom. The summed E-state index contributed by atoms with van der Waals surface area (Å²) in [5, 5.41) is 11.6. The summed E-state index contributed by atoms with van der Waals surface area (Å²) >= 11 is 1.47. The average molecular weight is 441 g/mol. The van der Waals surface area contributed by atoms with E-state index in [0.717, 1.165) is 29.4 Å². The lowest BCUT2D eigenvalue weighted by Crippen LogP contribution is -2.37. The fourth-order valence-corrected chi connectivity index (χ4v) is 5.90. The zero-order valence-corrected chi connectivity index (χ0v) is 18.2. The number of carbonyl (C=O) groups is 1. The van der Waals surface area contributed by atoms with E-state index in [2.05, 4.69) is 4.98 Å². The molecule has 0 unspecified atom stereocenters. The van der Waals surface area contributed by atoms with Gasteiger partial charge in [0, 0.05) is 34.6 Å². The van der Waals surface area contributed by atoms with Crippen LogP contribution in [0.3, 0.4) is 0 Å². The van der Waals surface area contributed by atoms with E-state index in [1.165, 1.54) is 39.9 Å². The van der Waals surface area contributed by atoms with E-state index in [9.17, 15) is 13.2 Å². The van der Waals surface area contributed by atoms with Crippen LogP contribution in [0.5, 0.6) is 0 Å². The Bertz CT molecular complexity index is 1230. The highest BCUT2D eigenvalue weighted by atomic mass is 32.2. The van der Waals surface area contributed by atoms with Crippen molar-refractivity contribution in [2.45, 2.75) is 37.6 Å². The van der Waals surface area contributed by atoms with Gasteiger partial charge in [-0.3, -0.25) is 9.36 Å². The number of aryl methyl sites for hydroxylation is 1. The smallest absolute Gasteiger partial charge is 0.243 e. The molecule has 0 amide bonds. The van der Waals surface area contributed by atoms with E-state index in [1.807, 2.05) is 29.9 Å². The maximum Gasteiger partial charge on any atom is 0.243 e. The van der Waals surface area contributed by atoms with Gasteiger partial charge < -0.3 is 0 Å². The summed E-state index contributed by atoms with van der Waals surface area (Å²) in [5.41, 5.74) is 2.51. The van der Waals surface area contributed by atoms with Crippen LogP contribution in [0, 0.1) is 25.2 Å². The summed E-state index contributed by atoms with van der Waals surface area (Å²) in [6.45, 7) is 3.53. The zero-order chi connectivity index (χ0) is 21.5. The van der Waals surface area contributed by atoms with Crippen LogP contribution >= 0.6 is 11.3 Å². The van der Waals surface area contributed by atoms with E-state index in [4.69, 9.17) is 5.26 Å². The van der Waals surface area contributed by atoms with E-state index in [1.54, 1.807) is 12.3 Å². The minimum atomic E-state index is -3.84. The molecular formula is C21H20N4O3S2. The Labute approximate surface area is 179 Å². The molecule has 9 heteroatoms. The molecule has 1 fully saturated rings. The SMILES string of the molecule is Cc1cc(C(=O)CN(C2CC2)S(=O)(=O)c2ccc(C#N)cc2)c(C)n1-c1nccs1. The van der Waals surface area contributed by atoms with Crippen LogP contribution < -0.4 is 0 Å². The number of nitriles is 1. The van der Waals surface area contributed by atoms with Gasteiger partial charge in [-0.15, -0.1) is 11.3 Å². The summed E-state index contributed by atoms with van der Waals surface area (Å²) < 4.78 is 29.6. The summed E-state index contributed by atoms with van der Waals surface area (Å²) in [5.74, 6) is -0.241. The normalized spacial score (nSPS) is 14.1. The number of nitrogens with zero attached hydrogens (tertiary/aromatic N) is 4. The van der Waals surface area contributed by atoms with Crippen LogP contribution in [0.2, 0.25) is 0 Å². The second-order valence-electron chi connectivity index (χ2n) is 7.28. The first-order valence-corrected chi connectivity index (χ1v) is 11.8. The van der Waals surface area contributed by atoms with Crippen molar-refractivity contribution in [3.8, 4) is 11.2 Å². The number of ketones is 1. The lowest BCUT2D eigenvalue weighted by atomic mass is 10.1. The van der Waals surface area contributed by atoms with E-state index < -0.39 is 10.0 Å². The second-order valence-corrected chi connectivity index (χ2v) is 10.0. The van der Waals surface area contributed by atoms with Gasteiger partial charge >= 0.3 is 0 Å². The van der Waals surface area contributed by atoms with Crippen molar-refractivity contribution in [1.82, 2.24) is 13.9 Å². The summed E-state index contributed by atoms with van der Waals surface area (Å²) in [7, 11) is -3.84. The number of Topliss-reactive ketones (excluding diaryl/α,β-unsaturated/α-hetero) is 1. The fourth-order valence-electron chi connectivity index (χ4n) is 3.50. The Morgan fingerprint density at radius 2 is 2.00 bits per heavy atom. The molecular weight excluding hydrogens is 420 g/mol. The van der Waals surface area contributed by atoms with Gasteiger partial charge in [0.2, 0.25) is 10.0 Å². The van der Waals surface area contributed by atoms with Gasteiger partial charge in [0.1, 0.15) is 0 Å². The van der Waals surface area contributed by atoms with Gasteiger partial charge in [-0.2, -0.15) is 9.57 Å². The molecule has 4 rings (SSSR count). The number of hydrogen-bond donors (Lipinski definition) is 0. The van der Waals surface area contributed by atoms with Crippen LogP contribution in [0.4, 0.5) is 0 Å². The largest absolute Gasteiger partial charge is 0.294 e. The van der Waals surface area contributed by atoms with Crippen LogP contribution in [-0.4, -0.2) is 40.6 Å². The molecule has 1 aliphatic carbocycles. The van der Waals surface area contributed by atoms with E-state index in [0.29, 0.717) is 11.1 Å². The van der Waals surface area contributed by atoms with Crippen molar-refractivity contribution in [1.29, 1.82) is 5.26 Å². The lowest BCUT2D eigenvalue weighted by Gasteiger charge is -2.21. The van der Waals surface area contributed by atoms with Crippen molar-refractivity contribution in [2.24, 2.45) is 0 Å². The Balaban J connectivity index is 1.64. The molecule has 0 spiro atoms. The van der Waals surface area contributed by atoms with Crippen molar-refractivity contribution >= 4 is 27.1 Å². The quantitative estimate of drug-likeness (QED) is 0.524. The Hall–Kier alpha value is -2.80. The third kappa shape index (κ3) is 3.69. The summed E-state index contributed by atoms with van der Waals surface area (Å²) in [6, 6.07) is 9.39. The van der Waals surface area contributed by atoms with Crippen LogP contribution in [-0.2, 0) is 10.0 Å². The number of sulfonamides is 1. The number of benzene rings is 1. The molecule has 1 aromatic carbocycles. The highest BCUT2D eigenvalue weighted by molar-refractivity contribution is 7.89. The molecule has 2 aromatic heterocycles. The molecule has 3 aromatic rings. The van der Waals surface area contributed by atoms with Crippen LogP contribution in [0.25, 0.3) is 5.13 Å². The number of thiazole rings is 1. The second kappa shape index (κ2) is 7.80. The van der Waals surface area contributed by atoms with Gasteiger partial charge in [-0.05, 0) is 57.0 Å². The van der Waals surface area contributed by atoms with Gasteiger partial charge in [-0.25, -0.2) is 13.4 Å². The van der Waals surface area contributed by atoms with E-state index >= 15 is 0 Å². The molecule has 1 saturated carbocycles. The van der Waals surface area contributed by atoms with Gasteiger partial charge in [-0.1, -0.05) is 0 Å². The van der Waals surface area contributed by atoms with Gasteiger partial charge in [0.15, 0.2) is 10.9 Å². The Kier molecular flexibility index (Phi) is 5.32. The van der Waals surface area contributed by atoms with Crippen molar-refractivity contribution in [2.75, 3.05) is 6.54 Å². The van der Waals surface area contributed by atoms with Crippen molar-refractivity contribution < 1.29 is 13.2 Å². The number of rotatable bonds is 7. The average Bonchev–Trinajstić information content (AvgIpc) is 3.34. The van der Waals surface area contributed by atoms with Crippen molar-refractivity contribution in [3.63, 3.8) is 0 Å². The third-order valence-corrected chi connectivity index (χ3v) is 7.85. The molecule has 1 aliphatic rings. The first-order chi connectivity index (χ1) is 14.3. The molecule has 0 radical (unpaired) electrons. The monoisotopic (exact) mass is 440 g/mol. The lowest BCUT2D eigenvalue weighted by molar-refractivity contribution is 0.0963. The first kappa shape index (κ1) is 20.5. The maximum absolute atomic E-state index is 13.2. The number of aromatic nitrogens is 2. The highest BCUT2D eigenvalue weighted by Crippen LogP contribution is 2.33. The summed E-state index contributed by atoms with van der Waals surface area (Å²) in [6.07, 6.45) is 3.18. The minimum absolute atomic E-state index is 0.0921. The van der Waals surface area contributed by atoms with Gasteiger partial charge in [0.05, 0.1) is 23.1 Å². The first-order valence-electron chi connectivity index (χ1n) is 9.47. The van der Waals surface area contributed by atoms with Crippen LogP contribution in [0.1, 0.15) is 40.2 Å². The Morgan fingerprint density at radius 1 is 1.30 bits per heavy atom. The zero-order valence-electron chi connectivity index (χ0n) is 16.6. The molecule has 30 heavy (non-hydrogen) atoms. The van der Waals surface area contributed by atoms with Crippen LogP contribution in [0.15, 0.2) is 46.8 Å². The number of hydrogen-bond acceptors (Lipinski definition) is 6. The fraction of sp³-hybridized carbons (Fsp3) is 0.286. The molecule has 0 bridgehead atoms. The molecule has 0 atom stereocenters. The molecule has 0 aliphatic heterocycles. The highest BCUT2D eigenvalue weighted by Gasteiger charge is 2.39. The van der Waals surface area contributed by atoms with Gasteiger partial charge in [0.25, 0.3) is 0 Å². The predicted molar refractivity (Wildman–Crippen MR) is 113 cm³/mol. The predicted octanol–water partition coefficient (Wildman–Crippen LogP) is 3.46. The molecule has 154 valence electrons. The molecule has 7 nitrogen and oxygen atoms in total. The maximum atomic E-state index is 13.2. The molecule has 2 heterocycles. The molecule has 0 saturated heterocycles. The molecule has 0 N–H and O–H groups in total. The number of carbonyl (C=O) groups excluding carboxylic acids is 1. The third-order valence-electron chi connectivity index (χ3n) is 5.19. The summed E-state index contributed by atoms with van der Waals surface area (Å²) in [4.78, 5) is 17.5.